The van der Waals surface area contributed by atoms with Crippen molar-refractivity contribution in [1.29, 1.82) is 0 Å². The first-order valence-electron chi connectivity index (χ1n) is 11.7. The van der Waals surface area contributed by atoms with Gasteiger partial charge in [0.25, 0.3) is 0 Å². The molecule has 0 aromatic carbocycles. The van der Waals surface area contributed by atoms with Crippen molar-refractivity contribution in [1.82, 2.24) is 0 Å². The lowest BCUT2D eigenvalue weighted by Gasteiger charge is -2.38. The molecule has 3 nitrogen and oxygen atoms in total. The topological polar surface area (TPSA) is 43.4 Å². The fraction of sp³-hybridized carbons (Fsp3) is 1.00. The van der Waals surface area contributed by atoms with Crippen molar-refractivity contribution < 1.29 is 51.6 Å². The first-order valence-corrected chi connectivity index (χ1v) is 15.4. The van der Waals surface area contributed by atoms with E-state index in [1.54, 1.807) is 0 Å². The Morgan fingerprint density at radius 3 is 1.26 bits per heavy atom. The Kier molecular flexibility index (Phi) is 13.8. The van der Waals surface area contributed by atoms with Gasteiger partial charge in [-0.05, 0) is 19.1 Å². The number of halogens is 9. The Hall–Kier alpha value is -0.370. The second-order valence-corrected chi connectivity index (χ2v) is 14.0. The maximum atomic E-state index is 14.2. The molecule has 0 unspecified atom stereocenters. The van der Waals surface area contributed by atoms with Gasteiger partial charge in [0.2, 0.25) is 0 Å². The zero-order valence-corrected chi connectivity index (χ0v) is 22.0. The summed E-state index contributed by atoms with van der Waals surface area (Å²) in [6.45, 7) is 3.97. The molecule has 0 saturated carbocycles. The molecule has 0 N–H and O–H groups in total. The number of unbranched alkanes of at least 4 members (excludes halogenated alkanes) is 10. The first-order chi connectivity index (χ1) is 15.8. The third-order valence-electron chi connectivity index (χ3n) is 5.54. The van der Waals surface area contributed by atoms with Gasteiger partial charge in [-0.15, -0.1) is 10.3 Å². The maximum absolute atomic E-state index is 14.2. The van der Waals surface area contributed by atoms with E-state index in [-0.39, 0.29) is 11.5 Å². The Bertz CT molecular complexity index is 695. The van der Waals surface area contributed by atoms with Crippen LogP contribution >= 0.6 is 10.3 Å². The molecule has 0 aliphatic carbocycles. The van der Waals surface area contributed by atoms with Crippen LogP contribution in [-0.4, -0.2) is 49.5 Å². The largest absolute Gasteiger partial charge is 0.460 e. The average Bonchev–Trinajstić information content (AvgIpc) is 2.71. The standard InChI is InChI=1S/C21H37F9O3S2/c1-4-6-8-10-12-14-16-34(3,17-15-13-11-9-7-5-2)33-35(31,32)21(29,30)19(24,25)18(22,23)20(26,27)28/h4-17H2,1-3H3. The van der Waals surface area contributed by atoms with Crippen LogP contribution in [0, 0.1) is 0 Å². The number of rotatable bonds is 19. The highest BCUT2D eigenvalue weighted by Crippen LogP contribution is 2.58. The van der Waals surface area contributed by atoms with Gasteiger partial charge in [-0.1, -0.05) is 78.1 Å². The van der Waals surface area contributed by atoms with Crippen molar-refractivity contribution in [2.75, 3.05) is 17.8 Å². The van der Waals surface area contributed by atoms with Crippen LogP contribution in [0.3, 0.4) is 0 Å². The highest BCUT2D eigenvalue weighted by molar-refractivity contribution is 8.32. The van der Waals surface area contributed by atoms with Crippen LogP contribution in [0.25, 0.3) is 0 Å². The predicted molar refractivity (Wildman–Crippen MR) is 121 cm³/mol. The second-order valence-electron chi connectivity index (χ2n) is 8.81. The summed E-state index contributed by atoms with van der Waals surface area (Å²) < 4.78 is 148. The highest BCUT2D eigenvalue weighted by Gasteiger charge is 2.86. The fourth-order valence-electron chi connectivity index (χ4n) is 3.32. The fourth-order valence-corrected chi connectivity index (χ4v) is 8.21. The Labute approximate surface area is 204 Å². The minimum Gasteiger partial charge on any atom is -0.215 e. The summed E-state index contributed by atoms with van der Waals surface area (Å²) in [5.41, 5.74) is 0. The molecule has 0 saturated heterocycles. The summed E-state index contributed by atoms with van der Waals surface area (Å²) >= 11 is 0. The van der Waals surface area contributed by atoms with Gasteiger partial charge < -0.3 is 0 Å². The highest BCUT2D eigenvalue weighted by atomic mass is 32.3. The van der Waals surface area contributed by atoms with Crippen LogP contribution in [0.5, 0.6) is 0 Å². The molecular weight excluding hydrogens is 535 g/mol. The smallest absolute Gasteiger partial charge is 0.215 e. The molecule has 0 aromatic heterocycles. The molecule has 35 heavy (non-hydrogen) atoms. The van der Waals surface area contributed by atoms with E-state index < -0.39 is 43.7 Å². The first kappa shape index (κ1) is 34.6. The van der Waals surface area contributed by atoms with Gasteiger partial charge >= 0.3 is 33.4 Å². The molecule has 14 heteroatoms. The zero-order valence-electron chi connectivity index (χ0n) is 20.3. The SMILES string of the molecule is CCCCCCCCS(C)(CCCCCCCC)OS(=O)(=O)C(F)(F)C(F)(F)C(F)(F)C(F)(F)F. The summed E-state index contributed by atoms with van der Waals surface area (Å²) in [6.07, 6.45) is 2.84. The number of hydrogen-bond acceptors (Lipinski definition) is 3. The van der Waals surface area contributed by atoms with Crippen LogP contribution in [0.2, 0.25) is 0 Å². The van der Waals surface area contributed by atoms with Crippen molar-refractivity contribution >= 4 is 20.4 Å². The summed E-state index contributed by atoms with van der Waals surface area (Å²) in [4.78, 5) is 0. The van der Waals surface area contributed by atoms with Crippen LogP contribution in [0.4, 0.5) is 39.5 Å². The van der Waals surface area contributed by atoms with Crippen LogP contribution in [-0.2, 0) is 13.7 Å². The second kappa shape index (κ2) is 14.0. The lowest BCUT2D eigenvalue weighted by Crippen LogP contribution is -2.63. The van der Waals surface area contributed by atoms with Crippen molar-refractivity contribution in [2.24, 2.45) is 0 Å². The van der Waals surface area contributed by atoms with E-state index in [0.717, 1.165) is 57.6 Å². The monoisotopic (exact) mass is 572 g/mol. The molecule has 0 aromatic rings. The lowest BCUT2D eigenvalue weighted by molar-refractivity contribution is -0.382. The molecule has 0 aliphatic rings. The van der Waals surface area contributed by atoms with E-state index in [1.807, 2.05) is 13.8 Å². The van der Waals surface area contributed by atoms with E-state index in [2.05, 4.69) is 3.63 Å². The van der Waals surface area contributed by atoms with Crippen molar-refractivity contribution in [2.45, 2.75) is 114 Å². The Morgan fingerprint density at radius 1 is 0.571 bits per heavy atom. The quantitative estimate of drug-likeness (QED) is 0.115. The minimum absolute atomic E-state index is 0.0926. The molecule has 0 atom stereocenters. The molecule has 0 spiro atoms. The van der Waals surface area contributed by atoms with E-state index in [1.165, 1.54) is 0 Å². The molecule has 0 heterocycles. The molecule has 0 fully saturated rings. The summed E-state index contributed by atoms with van der Waals surface area (Å²) in [6, 6.07) is 0. The molecule has 0 aliphatic heterocycles. The Balaban J connectivity index is 5.68. The minimum atomic E-state index is -7.30. The van der Waals surface area contributed by atoms with E-state index >= 15 is 0 Å². The van der Waals surface area contributed by atoms with Crippen molar-refractivity contribution in [3.8, 4) is 0 Å². The van der Waals surface area contributed by atoms with Gasteiger partial charge in [-0.25, -0.2) is 3.63 Å². The summed E-state index contributed by atoms with van der Waals surface area (Å²) in [7, 11) is -9.88. The van der Waals surface area contributed by atoms with E-state index in [0.29, 0.717) is 25.7 Å². The molecule has 214 valence electrons. The van der Waals surface area contributed by atoms with E-state index in [9.17, 15) is 47.9 Å². The third kappa shape index (κ3) is 9.46. The molecule has 0 amide bonds. The van der Waals surface area contributed by atoms with Gasteiger partial charge in [0.05, 0.1) is 0 Å². The number of alkyl halides is 9. The third-order valence-corrected chi connectivity index (χ3v) is 10.8. The zero-order chi connectivity index (χ0) is 27.6. The van der Waals surface area contributed by atoms with Crippen LogP contribution in [0.1, 0.15) is 90.9 Å². The van der Waals surface area contributed by atoms with Gasteiger partial charge in [0.1, 0.15) is 0 Å². The molecular formula is C21H37F9O3S2. The van der Waals surface area contributed by atoms with Gasteiger partial charge in [-0.2, -0.15) is 47.9 Å². The van der Waals surface area contributed by atoms with Gasteiger partial charge in [0.15, 0.2) is 0 Å². The van der Waals surface area contributed by atoms with E-state index in [4.69, 9.17) is 0 Å². The van der Waals surface area contributed by atoms with Crippen molar-refractivity contribution in [3.05, 3.63) is 0 Å². The molecule has 0 bridgehead atoms. The van der Waals surface area contributed by atoms with Gasteiger partial charge in [-0.3, -0.25) is 0 Å². The lowest BCUT2D eigenvalue weighted by atomic mass is 10.1. The molecule has 0 rings (SSSR count). The average molecular weight is 573 g/mol. The van der Waals surface area contributed by atoms with Crippen LogP contribution in [0.15, 0.2) is 0 Å². The van der Waals surface area contributed by atoms with Crippen molar-refractivity contribution in [3.63, 3.8) is 0 Å². The summed E-state index contributed by atoms with van der Waals surface area (Å²) in [5.74, 6) is -14.8. The maximum Gasteiger partial charge on any atom is 0.460 e. The Morgan fingerprint density at radius 2 is 0.914 bits per heavy atom. The molecule has 0 radical (unpaired) electrons. The van der Waals surface area contributed by atoms with Crippen LogP contribution < -0.4 is 0 Å². The normalized spacial score (nSPS) is 15.0. The van der Waals surface area contributed by atoms with Gasteiger partial charge in [0, 0.05) is 11.5 Å². The number of hydrogen-bond donors (Lipinski definition) is 0. The summed E-state index contributed by atoms with van der Waals surface area (Å²) in [5, 5.41) is -6.81. The predicted octanol–water partition coefficient (Wildman–Crippen LogP) is 8.83.